The summed E-state index contributed by atoms with van der Waals surface area (Å²) in [5.41, 5.74) is 4.50. The van der Waals surface area contributed by atoms with E-state index in [0.717, 1.165) is 26.1 Å². The Bertz CT molecular complexity index is 341. The van der Waals surface area contributed by atoms with Crippen LogP contribution < -0.4 is 11.1 Å². The van der Waals surface area contributed by atoms with Crippen LogP contribution in [0.3, 0.4) is 0 Å². The van der Waals surface area contributed by atoms with Gasteiger partial charge in [0.1, 0.15) is 0 Å². The summed E-state index contributed by atoms with van der Waals surface area (Å²) in [5, 5.41) is 30.7. The summed E-state index contributed by atoms with van der Waals surface area (Å²) < 4.78 is 0. The fourth-order valence-electron chi connectivity index (χ4n) is 3.64. The highest BCUT2D eigenvalue weighted by Gasteiger charge is 2.37. The van der Waals surface area contributed by atoms with Gasteiger partial charge in [-0.15, -0.1) is 0 Å². The van der Waals surface area contributed by atoms with Gasteiger partial charge >= 0.3 is 13.1 Å². The molecule has 2 aliphatic heterocycles. The molecule has 0 saturated carbocycles. The van der Waals surface area contributed by atoms with Gasteiger partial charge in [-0.05, 0) is 45.1 Å². The van der Waals surface area contributed by atoms with Crippen LogP contribution in [0.4, 0.5) is 0 Å². The molecule has 0 bridgehead atoms. The van der Waals surface area contributed by atoms with Crippen molar-refractivity contribution in [2.24, 2.45) is 17.6 Å². The predicted molar refractivity (Wildman–Crippen MR) is 91.0 cm³/mol. The van der Waals surface area contributed by atoms with Gasteiger partial charge in [-0.3, -0.25) is 4.79 Å². The Labute approximate surface area is 139 Å². The minimum Gasteiger partial charge on any atom is -0.481 e. The molecule has 2 aliphatic rings. The SMILES string of the molecule is CN.O=C(O)C1CN(CC2CCCCN2)CC1CCCB(O)O. The molecular weight excluding hydrogens is 297 g/mol. The molecule has 23 heavy (non-hydrogen) atoms. The van der Waals surface area contributed by atoms with Crippen molar-refractivity contribution in [2.75, 3.05) is 33.2 Å². The van der Waals surface area contributed by atoms with E-state index >= 15 is 0 Å². The Balaban J connectivity index is 0.00000127. The van der Waals surface area contributed by atoms with Gasteiger partial charge in [0.05, 0.1) is 5.92 Å². The maximum atomic E-state index is 11.4. The number of carbonyl (C=O) groups is 1. The summed E-state index contributed by atoms with van der Waals surface area (Å²) in [6, 6.07) is 0.492. The summed E-state index contributed by atoms with van der Waals surface area (Å²) in [7, 11) is 0.220. The summed E-state index contributed by atoms with van der Waals surface area (Å²) >= 11 is 0. The molecule has 3 atom stereocenters. The third kappa shape index (κ3) is 7.18. The van der Waals surface area contributed by atoms with Crippen LogP contribution in [0, 0.1) is 11.8 Å². The monoisotopic (exact) mass is 329 g/mol. The number of nitrogens with two attached hydrogens (primary N) is 1. The Kier molecular flexibility index (Phi) is 9.74. The number of nitrogens with zero attached hydrogens (tertiary/aromatic N) is 1. The van der Waals surface area contributed by atoms with Crippen molar-refractivity contribution in [2.45, 2.75) is 44.5 Å². The number of hydrogen-bond acceptors (Lipinski definition) is 6. The highest BCUT2D eigenvalue weighted by atomic mass is 16.4. The first-order valence-electron chi connectivity index (χ1n) is 8.68. The molecule has 0 aromatic heterocycles. The number of aliphatic carboxylic acids is 1. The number of hydrogen-bond donors (Lipinski definition) is 5. The Morgan fingerprint density at radius 1 is 1.30 bits per heavy atom. The molecule has 0 aliphatic carbocycles. The van der Waals surface area contributed by atoms with Crippen molar-refractivity contribution in [1.29, 1.82) is 0 Å². The van der Waals surface area contributed by atoms with Crippen molar-refractivity contribution in [3.05, 3.63) is 0 Å². The Hall–Kier alpha value is -0.665. The highest BCUT2D eigenvalue weighted by Crippen LogP contribution is 2.29. The van der Waals surface area contributed by atoms with Crippen molar-refractivity contribution >= 4 is 13.1 Å². The van der Waals surface area contributed by atoms with Gasteiger partial charge in [0.2, 0.25) is 0 Å². The maximum Gasteiger partial charge on any atom is 0.451 e. The minimum absolute atomic E-state index is 0.129. The van der Waals surface area contributed by atoms with Crippen LogP contribution in [0.2, 0.25) is 6.32 Å². The number of likely N-dealkylation sites (tertiary alicyclic amines) is 1. The molecule has 2 fully saturated rings. The summed E-state index contributed by atoms with van der Waals surface area (Å²) in [6.45, 7) is 3.44. The van der Waals surface area contributed by atoms with Gasteiger partial charge in [0.25, 0.3) is 0 Å². The van der Waals surface area contributed by atoms with Crippen molar-refractivity contribution in [1.82, 2.24) is 10.2 Å². The smallest absolute Gasteiger partial charge is 0.451 e. The standard InChI is InChI=1S/C14H27BN2O4.CH5N/c18-14(19)13-10-17(9-12-5-1-2-7-16-12)8-11(13)4-3-6-15(20)21;1-2/h11-13,16,20-21H,1-10H2,(H,18,19);2H2,1H3. The molecule has 0 amide bonds. The Morgan fingerprint density at radius 3 is 2.61 bits per heavy atom. The number of piperidine rings is 1. The van der Waals surface area contributed by atoms with Crippen LogP contribution in [-0.2, 0) is 4.79 Å². The molecule has 8 heteroatoms. The molecule has 0 aromatic carbocycles. The lowest BCUT2D eigenvalue weighted by molar-refractivity contribution is -0.142. The molecule has 2 rings (SSSR count). The zero-order chi connectivity index (χ0) is 17.2. The first kappa shape index (κ1) is 20.4. The number of rotatable bonds is 7. The third-order valence-electron chi connectivity index (χ3n) is 4.76. The van der Waals surface area contributed by atoms with Gasteiger partial charge in [0, 0.05) is 25.7 Å². The molecule has 0 spiro atoms. The second kappa shape index (κ2) is 11.0. The highest BCUT2D eigenvalue weighted by molar-refractivity contribution is 6.40. The quantitative estimate of drug-likeness (QED) is 0.403. The first-order valence-corrected chi connectivity index (χ1v) is 8.68. The Morgan fingerprint density at radius 2 is 2.04 bits per heavy atom. The molecular formula is C15H32BN3O4. The lowest BCUT2D eigenvalue weighted by Gasteiger charge is -2.28. The molecule has 6 N–H and O–H groups in total. The molecule has 134 valence electrons. The van der Waals surface area contributed by atoms with E-state index < -0.39 is 13.1 Å². The van der Waals surface area contributed by atoms with Crippen LogP contribution in [0.25, 0.3) is 0 Å². The van der Waals surface area contributed by atoms with Crippen LogP contribution in [0.5, 0.6) is 0 Å². The molecule has 7 nitrogen and oxygen atoms in total. The van der Waals surface area contributed by atoms with Gasteiger partial charge in [-0.25, -0.2) is 0 Å². The van der Waals surface area contributed by atoms with Crippen molar-refractivity contribution in [3.63, 3.8) is 0 Å². The van der Waals surface area contributed by atoms with Crippen molar-refractivity contribution in [3.8, 4) is 0 Å². The van der Waals surface area contributed by atoms with Crippen molar-refractivity contribution < 1.29 is 19.9 Å². The fourth-order valence-corrected chi connectivity index (χ4v) is 3.64. The van der Waals surface area contributed by atoms with Gasteiger partial charge in [-0.1, -0.05) is 12.8 Å². The summed E-state index contributed by atoms with van der Waals surface area (Å²) in [6.07, 6.45) is 5.42. The second-order valence-electron chi connectivity index (χ2n) is 6.48. The van der Waals surface area contributed by atoms with Crippen LogP contribution in [0.15, 0.2) is 0 Å². The summed E-state index contributed by atoms with van der Waals surface area (Å²) in [5.74, 6) is -0.905. The molecule has 2 saturated heterocycles. The molecule has 0 radical (unpaired) electrons. The molecule has 2 heterocycles. The summed E-state index contributed by atoms with van der Waals surface area (Å²) in [4.78, 5) is 13.7. The van der Waals surface area contributed by atoms with E-state index in [1.807, 2.05) is 0 Å². The fraction of sp³-hybridized carbons (Fsp3) is 0.933. The largest absolute Gasteiger partial charge is 0.481 e. The molecule has 3 unspecified atom stereocenters. The average molecular weight is 329 g/mol. The second-order valence-corrected chi connectivity index (χ2v) is 6.48. The number of carboxylic acid groups (broad SMARTS) is 1. The van der Waals surface area contributed by atoms with Gasteiger partial charge < -0.3 is 31.1 Å². The number of carboxylic acids is 1. The van der Waals surface area contributed by atoms with E-state index in [1.54, 1.807) is 0 Å². The van der Waals surface area contributed by atoms with E-state index in [1.165, 1.54) is 26.3 Å². The van der Waals surface area contributed by atoms with E-state index in [4.69, 9.17) is 10.0 Å². The zero-order valence-corrected chi connectivity index (χ0v) is 14.2. The lowest BCUT2D eigenvalue weighted by atomic mass is 9.80. The van der Waals surface area contributed by atoms with Gasteiger partial charge in [-0.2, -0.15) is 0 Å². The van der Waals surface area contributed by atoms with E-state index in [0.29, 0.717) is 25.3 Å². The first-order chi connectivity index (χ1) is 11.1. The maximum absolute atomic E-state index is 11.4. The third-order valence-corrected chi connectivity index (χ3v) is 4.76. The lowest BCUT2D eigenvalue weighted by Crippen LogP contribution is -2.43. The zero-order valence-electron chi connectivity index (χ0n) is 14.2. The average Bonchev–Trinajstić information content (AvgIpc) is 2.93. The normalized spacial score (nSPS) is 28.1. The number of nitrogens with one attached hydrogen (secondary N) is 1. The van der Waals surface area contributed by atoms with E-state index in [-0.39, 0.29) is 11.8 Å². The van der Waals surface area contributed by atoms with Crippen LogP contribution >= 0.6 is 0 Å². The predicted octanol–water partition coefficient (Wildman–Crippen LogP) is -0.411. The minimum atomic E-state index is -1.28. The topological polar surface area (TPSA) is 119 Å². The van der Waals surface area contributed by atoms with Gasteiger partial charge in [0.15, 0.2) is 0 Å². The van der Waals surface area contributed by atoms with Crippen LogP contribution in [-0.4, -0.2) is 72.4 Å². The van der Waals surface area contributed by atoms with Crippen LogP contribution in [0.1, 0.15) is 32.1 Å². The molecule has 0 aromatic rings. The van der Waals surface area contributed by atoms with E-state index in [2.05, 4.69) is 16.0 Å². The van der Waals surface area contributed by atoms with E-state index in [9.17, 15) is 9.90 Å².